The van der Waals surface area contributed by atoms with E-state index in [1.807, 2.05) is 48.5 Å². The molecule has 3 aromatic carbocycles. The molecule has 0 aromatic heterocycles. The lowest BCUT2D eigenvalue weighted by molar-refractivity contribution is -0.115. The summed E-state index contributed by atoms with van der Waals surface area (Å²) < 4.78 is 13.2. The molecule has 5 heteroatoms. The SMILES string of the molecule is O=C(Cc1cccc(F)c1)Nc1ccc(NCc2ccc(Cl)cc2)cc1. The van der Waals surface area contributed by atoms with Crippen molar-refractivity contribution in [3.8, 4) is 0 Å². The average Bonchev–Trinajstić information content (AvgIpc) is 2.62. The van der Waals surface area contributed by atoms with E-state index in [1.165, 1.54) is 12.1 Å². The minimum absolute atomic E-state index is 0.133. The number of halogens is 2. The Balaban J connectivity index is 1.52. The first-order chi connectivity index (χ1) is 12.6. The van der Waals surface area contributed by atoms with Crippen LogP contribution in [0.1, 0.15) is 11.1 Å². The fraction of sp³-hybridized carbons (Fsp3) is 0.0952. The molecule has 0 aliphatic heterocycles. The van der Waals surface area contributed by atoms with E-state index in [9.17, 15) is 9.18 Å². The van der Waals surface area contributed by atoms with Gasteiger partial charge in [0.1, 0.15) is 5.82 Å². The van der Waals surface area contributed by atoms with Crippen LogP contribution in [-0.4, -0.2) is 5.91 Å². The smallest absolute Gasteiger partial charge is 0.228 e. The predicted octanol–water partition coefficient (Wildman–Crippen LogP) is 5.27. The van der Waals surface area contributed by atoms with E-state index < -0.39 is 0 Å². The Morgan fingerprint density at radius 2 is 1.58 bits per heavy atom. The lowest BCUT2D eigenvalue weighted by Crippen LogP contribution is -2.14. The summed E-state index contributed by atoms with van der Waals surface area (Å²) in [5.41, 5.74) is 3.41. The van der Waals surface area contributed by atoms with Crippen LogP contribution in [-0.2, 0) is 17.8 Å². The highest BCUT2D eigenvalue weighted by Crippen LogP contribution is 2.16. The lowest BCUT2D eigenvalue weighted by Gasteiger charge is -2.09. The van der Waals surface area contributed by atoms with Crippen LogP contribution in [0.15, 0.2) is 72.8 Å². The van der Waals surface area contributed by atoms with Gasteiger partial charge in [-0.15, -0.1) is 0 Å². The third kappa shape index (κ3) is 5.33. The minimum Gasteiger partial charge on any atom is -0.381 e. The van der Waals surface area contributed by atoms with Gasteiger partial charge in [0.2, 0.25) is 5.91 Å². The maximum atomic E-state index is 13.2. The second kappa shape index (κ2) is 8.50. The molecule has 3 nitrogen and oxygen atoms in total. The topological polar surface area (TPSA) is 41.1 Å². The van der Waals surface area contributed by atoms with E-state index in [4.69, 9.17) is 11.6 Å². The Bertz CT molecular complexity index is 879. The van der Waals surface area contributed by atoms with Gasteiger partial charge in [0.05, 0.1) is 6.42 Å². The first-order valence-corrected chi connectivity index (χ1v) is 8.59. The molecule has 0 atom stereocenters. The summed E-state index contributed by atoms with van der Waals surface area (Å²) >= 11 is 5.87. The van der Waals surface area contributed by atoms with E-state index in [0.717, 1.165) is 11.3 Å². The molecule has 132 valence electrons. The van der Waals surface area contributed by atoms with Gasteiger partial charge in [-0.2, -0.15) is 0 Å². The fourth-order valence-corrected chi connectivity index (χ4v) is 2.64. The number of benzene rings is 3. The zero-order valence-corrected chi connectivity index (χ0v) is 14.8. The monoisotopic (exact) mass is 368 g/mol. The van der Waals surface area contributed by atoms with E-state index in [-0.39, 0.29) is 18.1 Å². The number of carbonyl (C=O) groups excluding carboxylic acids is 1. The Hall–Kier alpha value is -2.85. The molecule has 0 fully saturated rings. The van der Waals surface area contributed by atoms with Gasteiger partial charge in [-0.1, -0.05) is 35.9 Å². The van der Waals surface area contributed by atoms with Gasteiger partial charge in [0.25, 0.3) is 0 Å². The summed E-state index contributed by atoms with van der Waals surface area (Å²) in [4.78, 5) is 12.1. The molecule has 1 amide bonds. The van der Waals surface area contributed by atoms with E-state index in [2.05, 4.69) is 10.6 Å². The standard InChI is InChI=1S/C21H18ClFN2O/c22-17-6-4-15(5-7-17)14-24-19-8-10-20(11-9-19)25-21(26)13-16-2-1-3-18(23)12-16/h1-12,24H,13-14H2,(H,25,26). The van der Waals surface area contributed by atoms with Crippen molar-refractivity contribution in [3.63, 3.8) is 0 Å². The Kier molecular flexibility index (Phi) is 5.87. The third-order valence-electron chi connectivity index (χ3n) is 3.83. The van der Waals surface area contributed by atoms with Crippen LogP contribution in [0, 0.1) is 5.82 Å². The third-order valence-corrected chi connectivity index (χ3v) is 4.08. The van der Waals surface area contributed by atoms with Crippen LogP contribution in [0.3, 0.4) is 0 Å². The minimum atomic E-state index is -0.341. The van der Waals surface area contributed by atoms with Gasteiger partial charge >= 0.3 is 0 Å². The number of carbonyl (C=O) groups is 1. The maximum Gasteiger partial charge on any atom is 0.228 e. The van der Waals surface area contributed by atoms with Crippen molar-refractivity contribution < 1.29 is 9.18 Å². The molecule has 0 radical (unpaired) electrons. The molecule has 0 aliphatic rings. The van der Waals surface area contributed by atoms with Gasteiger partial charge < -0.3 is 10.6 Å². The van der Waals surface area contributed by atoms with Crippen molar-refractivity contribution in [3.05, 3.63) is 94.8 Å². The predicted molar refractivity (Wildman–Crippen MR) is 104 cm³/mol. The molecule has 0 saturated heterocycles. The molecule has 0 unspecified atom stereocenters. The van der Waals surface area contributed by atoms with Crippen LogP contribution < -0.4 is 10.6 Å². The highest BCUT2D eigenvalue weighted by molar-refractivity contribution is 6.30. The highest BCUT2D eigenvalue weighted by atomic mass is 35.5. The normalized spacial score (nSPS) is 10.4. The second-order valence-corrected chi connectivity index (χ2v) is 6.35. The molecular weight excluding hydrogens is 351 g/mol. The van der Waals surface area contributed by atoms with Crippen molar-refractivity contribution in [2.75, 3.05) is 10.6 Å². The lowest BCUT2D eigenvalue weighted by atomic mass is 10.1. The largest absolute Gasteiger partial charge is 0.381 e. The summed E-state index contributed by atoms with van der Waals surface area (Å²) in [7, 11) is 0. The number of hydrogen-bond acceptors (Lipinski definition) is 2. The van der Waals surface area contributed by atoms with Gasteiger partial charge in [0, 0.05) is 22.9 Å². The molecule has 26 heavy (non-hydrogen) atoms. The van der Waals surface area contributed by atoms with Crippen molar-refractivity contribution >= 4 is 28.9 Å². The molecule has 0 spiro atoms. The van der Waals surface area contributed by atoms with E-state index >= 15 is 0 Å². The summed E-state index contributed by atoms with van der Waals surface area (Å²) in [6.45, 7) is 0.683. The van der Waals surface area contributed by atoms with Crippen LogP contribution in [0.5, 0.6) is 0 Å². The number of nitrogens with one attached hydrogen (secondary N) is 2. The van der Waals surface area contributed by atoms with Gasteiger partial charge in [-0.25, -0.2) is 4.39 Å². The van der Waals surface area contributed by atoms with Crippen molar-refractivity contribution in [1.82, 2.24) is 0 Å². The highest BCUT2D eigenvalue weighted by Gasteiger charge is 2.05. The molecule has 0 aliphatic carbocycles. The quantitative estimate of drug-likeness (QED) is 0.622. The number of anilines is 2. The van der Waals surface area contributed by atoms with E-state index in [1.54, 1.807) is 12.1 Å². The zero-order chi connectivity index (χ0) is 18.4. The molecule has 2 N–H and O–H groups in total. The molecule has 0 bridgehead atoms. The van der Waals surface area contributed by atoms with Crippen LogP contribution in [0.2, 0.25) is 5.02 Å². The fourth-order valence-electron chi connectivity index (χ4n) is 2.52. The molecule has 0 heterocycles. The van der Waals surface area contributed by atoms with Crippen LogP contribution in [0.25, 0.3) is 0 Å². The number of rotatable bonds is 6. The van der Waals surface area contributed by atoms with Gasteiger partial charge in [0.15, 0.2) is 0 Å². The Morgan fingerprint density at radius 1 is 0.885 bits per heavy atom. The van der Waals surface area contributed by atoms with E-state index in [0.29, 0.717) is 22.8 Å². The number of amides is 1. The molecular formula is C21H18ClFN2O. The molecule has 0 saturated carbocycles. The summed E-state index contributed by atoms with van der Waals surface area (Å²) in [6.07, 6.45) is 0.133. The average molecular weight is 369 g/mol. The second-order valence-electron chi connectivity index (χ2n) is 5.91. The van der Waals surface area contributed by atoms with Crippen LogP contribution in [0.4, 0.5) is 15.8 Å². The molecule has 3 rings (SSSR count). The first-order valence-electron chi connectivity index (χ1n) is 8.21. The van der Waals surface area contributed by atoms with Gasteiger partial charge in [-0.05, 0) is 59.7 Å². The zero-order valence-electron chi connectivity index (χ0n) is 14.0. The van der Waals surface area contributed by atoms with Gasteiger partial charge in [-0.3, -0.25) is 4.79 Å². The van der Waals surface area contributed by atoms with Crippen molar-refractivity contribution in [2.45, 2.75) is 13.0 Å². The van der Waals surface area contributed by atoms with Crippen molar-refractivity contribution in [2.24, 2.45) is 0 Å². The number of hydrogen-bond donors (Lipinski definition) is 2. The summed E-state index contributed by atoms with van der Waals surface area (Å²) in [6, 6.07) is 21.1. The summed E-state index contributed by atoms with van der Waals surface area (Å²) in [5, 5.41) is 6.84. The Labute approximate surface area is 156 Å². The maximum absolute atomic E-state index is 13.2. The first kappa shape index (κ1) is 18.0. The summed E-state index contributed by atoms with van der Waals surface area (Å²) in [5.74, 6) is -0.524. The van der Waals surface area contributed by atoms with Crippen LogP contribution >= 0.6 is 11.6 Å². The molecule has 3 aromatic rings. The Morgan fingerprint density at radius 3 is 2.27 bits per heavy atom. The van der Waals surface area contributed by atoms with Crippen molar-refractivity contribution in [1.29, 1.82) is 0 Å².